The van der Waals surface area contributed by atoms with Crippen molar-refractivity contribution in [3.8, 4) is 11.1 Å². The molecule has 5 rings (SSSR count). The van der Waals surface area contributed by atoms with Crippen molar-refractivity contribution in [3.05, 3.63) is 109 Å². The van der Waals surface area contributed by atoms with Gasteiger partial charge in [0.2, 0.25) is 0 Å². The molecular weight excluding hydrogens is 352 g/mol. The maximum absolute atomic E-state index is 2.36. The third kappa shape index (κ3) is 3.04. The van der Waals surface area contributed by atoms with E-state index in [0.29, 0.717) is 9.52 Å². The Kier molecular flexibility index (Phi) is 4.30. The van der Waals surface area contributed by atoms with Gasteiger partial charge in [0.15, 0.2) is 0 Å². The standard InChI is InChI=1S/C27H20Si/c1-19-17-22(15-16-26(19)28-23-11-3-2-4-12-23)27-24-13-7-5-9-20(24)18-21-10-6-8-14-25(21)27/h2-18H,1H3. The first-order valence-electron chi connectivity index (χ1n) is 9.63. The third-order valence-corrected chi connectivity index (χ3v) is 6.79. The van der Waals surface area contributed by atoms with Crippen LogP contribution in [0.1, 0.15) is 5.56 Å². The maximum Gasteiger partial charge on any atom is 0.121 e. The van der Waals surface area contributed by atoms with Gasteiger partial charge in [0, 0.05) is 0 Å². The van der Waals surface area contributed by atoms with Crippen LogP contribution >= 0.6 is 0 Å². The van der Waals surface area contributed by atoms with E-state index in [0.717, 1.165) is 0 Å². The Morgan fingerprint density at radius 2 is 1.18 bits per heavy atom. The van der Waals surface area contributed by atoms with Gasteiger partial charge >= 0.3 is 0 Å². The minimum absolute atomic E-state index is 0.692. The summed E-state index contributed by atoms with van der Waals surface area (Å²) >= 11 is 0. The second kappa shape index (κ2) is 7.10. The van der Waals surface area contributed by atoms with E-state index in [-0.39, 0.29) is 0 Å². The molecule has 5 aromatic rings. The fourth-order valence-electron chi connectivity index (χ4n) is 3.96. The molecule has 5 aromatic carbocycles. The molecule has 0 saturated carbocycles. The summed E-state index contributed by atoms with van der Waals surface area (Å²) in [6, 6.07) is 37.4. The number of hydrogen-bond donors (Lipinski definition) is 0. The van der Waals surface area contributed by atoms with E-state index in [2.05, 4.69) is 110 Å². The van der Waals surface area contributed by atoms with Crippen LogP contribution in [0, 0.1) is 6.92 Å². The monoisotopic (exact) mass is 372 g/mol. The number of hydrogen-bond acceptors (Lipinski definition) is 0. The van der Waals surface area contributed by atoms with Crippen molar-refractivity contribution >= 4 is 41.4 Å². The fourth-order valence-corrected chi connectivity index (χ4v) is 5.07. The fraction of sp³-hybridized carbons (Fsp3) is 0.0370. The normalized spacial score (nSPS) is 11.2. The van der Waals surface area contributed by atoms with Crippen LogP contribution in [0.5, 0.6) is 0 Å². The van der Waals surface area contributed by atoms with Crippen LogP contribution in [0.3, 0.4) is 0 Å². The average molecular weight is 373 g/mol. The highest BCUT2D eigenvalue weighted by Crippen LogP contribution is 2.36. The first-order chi connectivity index (χ1) is 13.8. The Morgan fingerprint density at radius 3 is 1.82 bits per heavy atom. The molecule has 1 heteroatoms. The van der Waals surface area contributed by atoms with E-state index < -0.39 is 0 Å². The molecule has 0 atom stereocenters. The summed E-state index contributed by atoms with van der Waals surface area (Å²) in [5, 5.41) is 8.03. The second-order valence-corrected chi connectivity index (χ2v) is 8.58. The minimum atomic E-state index is 0.692. The van der Waals surface area contributed by atoms with E-state index in [1.807, 2.05) is 0 Å². The summed E-state index contributed by atoms with van der Waals surface area (Å²) < 4.78 is 0. The lowest BCUT2D eigenvalue weighted by Crippen LogP contribution is -2.28. The number of fused-ring (bicyclic) bond motifs is 2. The number of benzene rings is 5. The Labute approximate surface area is 168 Å². The van der Waals surface area contributed by atoms with Gasteiger partial charge in [-0.15, -0.1) is 0 Å². The van der Waals surface area contributed by atoms with Gasteiger partial charge in [-0.05, 0) is 45.7 Å². The zero-order valence-corrected chi connectivity index (χ0v) is 16.8. The molecule has 0 aliphatic carbocycles. The van der Waals surface area contributed by atoms with Gasteiger partial charge in [-0.3, -0.25) is 0 Å². The van der Waals surface area contributed by atoms with Crippen LogP contribution in [0.4, 0.5) is 0 Å². The number of rotatable bonds is 3. The zero-order chi connectivity index (χ0) is 18.9. The third-order valence-electron chi connectivity index (χ3n) is 5.34. The van der Waals surface area contributed by atoms with Gasteiger partial charge in [-0.2, -0.15) is 0 Å². The van der Waals surface area contributed by atoms with Crippen molar-refractivity contribution in [2.24, 2.45) is 0 Å². The Hall–Kier alpha value is -3.16. The molecule has 0 spiro atoms. The van der Waals surface area contributed by atoms with E-state index in [1.165, 1.54) is 48.6 Å². The van der Waals surface area contributed by atoms with Gasteiger partial charge in [-0.25, -0.2) is 0 Å². The highest BCUT2D eigenvalue weighted by molar-refractivity contribution is 6.67. The average Bonchev–Trinajstić information content (AvgIpc) is 2.74. The van der Waals surface area contributed by atoms with Crippen LogP contribution in [-0.2, 0) is 0 Å². The molecule has 0 nitrogen and oxygen atoms in total. The summed E-state index contributed by atoms with van der Waals surface area (Å²) in [7, 11) is 0.692. The van der Waals surface area contributed by atoms with Crippen molar-refractivity contribution in [1.82, 2.24) is 0 Å². The molecule has 2 radical (unpaired) electrons. The predicted octanol–water partition coefficient (Wildman–Crippen LogP) is 5.62. The Morgan fingerprint density at radius 1 is 0.571 bits per heavy atom. The van der Waals surface area contributed by atoms with Crippen LogP contribution in [0.15, 0.2) is 103 Å². The van der Waals surface area contributed by atoms with E-state index in [4.69, 9.17) is 0 Å². The number of aryl methyl sites for hydroxylation is 1. The van der Waals surface area contributed by atoms with Crippen LogP contribution in [-0.4, -0.2) is 9.52 Å². The summed E-state index contributed by atoms with van der Waals surface area (Å²) in [5.74, 6) is 0. The Bertz CT molecular complexity index is 1230. The molecule has 28 heavy (non-hydrogen) atoms. The summed E-state index contributed by atoms with van der Waals surface area (Å²) in [4.78, 5) is 0. The minimum Gasteiger partial charge on any atom is -0.0631 e. The molecule has 0 saturated heterocycles. The van der Waals surface area contributed by atoms with Crippen LogP contribution < -0.4 is 10.4 Å². The van der Waals surface area contributed by atoms with Crippen molar-refractivity contribution in [2.75, 3.05) is 0 Å². The van der Waals surface area contributed by atoms with Gasteiger partial charge in [0.1, 0.15) is 9.52 Å². The van der Waals surface area contributed by atoms with E-state index in [9.17, 15) is 0 Å². The smallest absolute Gasteiger partial charge is 0.0631 e. The molecule has 0 aromatic heterocycles. The highest BCUT2D eigenvalue weighted by atomic mass is 28.2. The van der Waals surface area contributed by atoms with Crippen molar-refractivity contribution in [2.45, 2.75) is 6.92 Å². The lowest BCUT2D eigenvalue weighted by molar-refractivity contribution is 1.51. The zero-order valence-electron chi connectivity index (χ0n) is 15.8. The molecule has 0 aliphatic heterocycles. The molecular formula is C27H20Si. The topological polar surface area (TPSA) is 0 Å². The van der Waals surface area contributed by atoms with Crippen molar-refractivity contribution in [3.63, 3.8) is 0 Å². The molecule has 0 N–H and O–H groups in total. The van der Waals surface area contributed by atoms with Crippen LogP contribution in [0.2, 0.25) is 0 Å². The lowest BCUT2D eigenvalue weighted by Gasteiger charge is -2.14. The summed E-state index contributed by atoms with van der Waals surface area (Å²) in [5.41, 5.74) is 4.00. The van der Waals surface area contributed by atoms with Crippen LogP contribution in [0.25, 0.3) is 32.7 Å². The SMILES string of the molecule is Cc1cc(-c2c3ccccc3cc3ccccc23)ccc1[Si]c1ccccc1. The summed E-state index contributed by atoms with van der Waals surface area (Å²) in [6.45, 7) is 2.24. The molecule has 0 bridgehead atoms. The predicted molar refractivity (Wildman–Crippen MR) is 123 cm³/mol. The second-order valence-electron chi connectivity index (χ2n) is 7.21. The Balaban J connectivity index is 1.68. The lowest BCUT2D eigenvalue weighted by atomic mass is 9.91. The van der Waals surface area contributed by atoms with E-state index in [1.54, 1.807) is 0 Å². The maximum atomic E-state index is 2.36. The van der Waals surface area contributed by atoms with Gasteiger partial charge < -0.3 is 0 Å². The quantitative estimate of drug-likeness (QED) is 0.285. The first-order valence-corrected chi connectivity index (χ1v) is 10.6. The molecule has 0 aliphatic rings. The van der Waals surface area contributed by atoms with E-state index >= 15 is 0 Å². The molecule has 0 heterocycles. The van der Waals surface area contributed by atoms with Gasteiger partial charge in [0.25, 0.3) is 0 Å². The molecule has 0 fully saturated rings. The summed E-state index contributed by atoms with van der Waals surface area (Å²) in [6.07, 6.45) is 0. The molecule has 132 valence electrons. The largest absolute Gasteiger partial charge is 0.121 e. The van der Waals surface area contributed by atoms with Gasteiger partial charge in [-0.1, -0.05) is 113 Å². The van der Waals surface area contributed by atoms with Crippen molar-refractivity contribution in [1.29, 1.82) is 0 Å². The first kappa shape index (κ1) is 17.0. The molecule has 0 amide bonds. The highest BCUT2D eigenvalue weighted by Gasteiger charge is 2.11. The van der Waals surface area contributed by atoms with Gasteiger partial charge in [0.05, 0.1) is 0 Å². The van der Waals surface area contributed by atoms with Crippen molar-refractivity contribution < 1.29 is 0 Å². The molecule has 0 unspecified atom stereocenters.